The van der Waals surface area contributed by atoms with E-state index in [-0.39, 0.29) is 5.69 Å². The SMILES string of the molecule is O=[N+]([O-])c1cccnc1Sc1c[nH]c2ccccc12. The molecule has 5 nitrogen and oxygen atoms in total. The van der Waals surface area contributed by atoms with Gasteiger partial charge in [-0.1, -0.05) is 30.0 Å². The number of hydrogen-bond acceptors (Lipinski definition) is 4. The van der Waals surface area contributed by atoms with Crippen molar-refractivity contribution in [3.8, 4) is 0 Å². The van der Waals surface area contributed by atoms with Crippen LogP contribution in [0.5, 0.6) is 0 Å². The molecule has 0 radical (unpaired) electrons. The smallest absolute Gasteiger partial charge is 0.301 e. The second-order valence-corrected chi connectivity index (χ2v) is 4.92. The summed E-state index contributed by atoms with van der Waals surface area (Å²) in [6.07, 6.45) is 3.40. The summed E-state index contributed by atoms with van der Waals surface area (Å²) in [5.74, 6) is 0. The third kappa shape index (κ3) is 2.17. The molecule has 2 heterocycles. The van der Waals surface area contributed by atoms with Crippen LogP contribution in [-0.2, 0) is 0 Å². The first-order valence-corrected chi connectivity index (χ1v) is 6.41. The third-order valence-electron chi connectivity index (χ3n) is 2.71. The maximum Gasteiger partial charge on any atom is 0.301 e. The van der Waals surface area contributed by atoms with Crippen LogP contribution >= 0.6 is 11.8 Å². The van der Waals surface area contributed by atoms with E-state index < -0.39 is 4.92 Å². The van der Waals surface area contributed by atoms with Crippen LogP contribution in [0.15, 0.2) is 58.7 Å². The molecule has 2 aromatic heterocycles. The lowest BCUT2D eigenvalue weighted by Crippen LogP contribution is -1.92. The lowest BCUT2D eigenvalue weighted by molar-refractivity contribution is -0.388. The Balaban J connectivity index is 2.04. The predicted molar refractivity (Wildman–Crippen MR) is 73.3 cm³/mol. The Morgan fingerprint density at radius 1 is 1.21 bits per heavy atom. The first kappa shape index (κ1) is 11.7. The third-order valence-corrected chi connectivity index (χ3v) is 3.77. The van der Waals surface area contributed by atoms with Crippen molar-refractivity contribution in [1.82, 2.24) is 9.97 Å². The minimum absolute atomic E-state index is 0.0257. The highest BCUT2D eigenvalue weighted by molar-refractivity contribution is 7.99. The number of rotatable bonds is 3. The summed E-state index contributed by atoms with van der Waals surface area (Å²) in [7, 11) is 0. The van der Waals surface area contributed by atoms with Crippen molar-refractivity contribution in [1.29, 1.82) is 0 Å². The second kappa shape index (κ2) is 4.74. The van der Waals surface area contributed by atoms with Crippen molar-refractivity contribution >= 4 is 28.4 Å². The number of aromatic amines is 1. The molecule has 0 bridgehead atoms. The second-order valence-electron chi connectivity index (χ2n) is 3.89. The number of nitrogens with zero attached hydrogens (tertiary/aromatic N) is 2. The van der Waals surface area contributed by atoms with E-state index in [1.54, 1.807) is 12.3 Å². The standard InChI is InChI=1S/C13H9N3O2S/c17-16(18)11-6-3-7-14-13(11)19-12-8-15-10-5-2-1-4-9(10)12/h1-8,15H. The van der Waals surface area contributed by atoms with Gasteiger partial charge in [0.15, 0.2) is 5.03 Å². The van der Waals surface area contributed by atoms with Crippen LogP contribution in [0.3, 0.4) is 0 Å². The number of para-hydroxylation sites is 1. The largest absolute Gasteiger partial charge is 0.360 e. The van der Waals surface area contributed by atoms with Gasteiger partial charge in [0.1, 0.15) is 0 Å². The Labute approximate surface area is 112 Å². The number of nitro groups is 1. The van der Waals surface area contributed by atoms with Crippen molar-refractivity contribution < 1.29 is 4.92 Å². The number of fused-ring (bicyclic) bond motifs is 1. The molecule has 19 heavy (non-hydrogen) atoms. The first-order valence-electron chi connectivity index (χ1n) is 5.59. The summed E-state index contributed by atoms with van der Waals surface area (Å²) in [6, 6.07) is 10.8. The first-order chi connectivity index (χ1) is 9.25. The predicted octanol–water partition coefficient (Wildman–Crippen LogP) is 3.62. The Morgan fingerprint density at radius 2 is 2.05 bits per heavy atom. The van der Waals surface area contributed by atoms with Gasteiger partial charge in [0.2, 0.25) is 0 Å². The van der Waals surface area contributed by atoms with Crippen molar-refractivity contribution in [2.24, 2.45) is 0 Å². The Kier molecular flexibility index (Phi) is 2.92. The van der Waals surface area contributed by atoms with Crippen LogP contribution in [-0.4, -0.2) is 14.9 Å². The number of H-pyrrole nitrogens is 1. The van der Waals surface area contributed by atoms with Gasteiger partial charge in [-0.05, 0) is 12.1 Å². The molecule has 3 aromatic rings. The van der Waals surface area contributed by atoms with Gasteiger partial charge in [-0.25, -0.2) is 4.98 Å². The van der Waals surface area contributed by atoms with Crippen LogP contribution in [0.4, 0.5) is 5.69 Å². The van der Waals surface area contributed by atoms with Crippen molar-refractivity contribution in [2.75, 3.05) is 0 Å². The molecular weight excluding hydrogens is 262 g/mol. The molecular formula is C13H9N3O2S. The molecule has 6 heteroatoms. The zero-order valence-electron chi connectivity index (χ0n) is 9.74. The zero-order chi connectivity index (χ0) is 13.2. The number of benzene rings is 1. The lowest BCUT2D eigenvalue weighted by atomic mass is 10.2. The maximum atomic E-state index is 11.0. The summed E-state index contributed by atoms with van der Waals surface area (Å²) in [6.45, 7) is 0. The van der Waals surface area contributed by atoms with Crippen molar-refractivity contribution in [2.45, 2.75) is 9.92 Å². The molecule has 0 aliphatic carbocycles. The van der Waals surface area contributed by atoms with Crippen molar-refractivity contribution in [3.63, 3.8) is 0 Å². The van der Waals surface area contributed by atoms with E-state index in [0.717, 1.165) is 15.8 Å². The summed E-state index contributed by atoms with van der Waals surface area (Å²) in [5.41, 5.74) is 1.03. The highest BCUT2D eigenvalue weighted by atomic mass is 32.2. The fourth-order valence-electron chi connectivity index (χ4n) is 1.83. The summed E-state index contributed by atoms with van der Waals surface area (Å²) < 4.78 is 0. The minimum Gasteiger partial charge on any atom is -0.360 e. The fraction of sp³-hybridized carbons (Fsp3) is 0. The van der Waals surface area contributed by atoms with Crippen LogP contribution in [0.1, 0.15) is 0 Å². The van der Waals surface area contributed by atoms with Gasteiger partial charge in [-0.2, -0.15) is 0 Å². The molecule has 0 saturated carbocycles. The van der Waals surface area contributed by atoms with E-state index in [0.29, 0.717) is 5.03 Å². The highest BCUT2D eigenvalue weighted by Crippen LogP contribution is 2.36. The van der Waals surface area contributed by atoms with E-state index in [4.69, 9.17) is 0 Å². The Morgan fingerprint density at radius 3 is 2.89 bits per heavy atom. The van der Waals surface area contributed by atoms with Crippen LogP contribution < -0.4 is 0 Å². The zero-order valence-corrected chi connectivity index (χ0v) is 10.6. The van der Waals surface area contributed by atoms with Gasteiger partial charge in [-0.15, -0.1) is 0 Å². The van der Waals surface area contributed by atoms with Crippen LogP contribution in [0, 0.1) is 10.1 Å². The number of aromatic nitrogens is 2. The molecule has 0 amide bonds. The Bertz CT molecular complexity index is 754. The molecule has 0 atom stereocenters. The average Bonchev–Trinajstić information content (AvgIpc) is 2.83. The molecule has 3 rings (SSSR count). The molecule has 0 aliphatic heterocycles. The summed E-state index contributed by atoms with van der Waals surface area (Å²) >= 11 is 1.29. The van der Waals surface area contributed by atoms with Gasteiger partial charge >= 0.3 is 5.69 Å². The van der Waals surface area contributed by atoms with E-state index >= 15 is 0 Å². The van der Waals surface area contributed by atoms with Gasteiger partial charge in [-0.3, -0.25) is 10.1 Å². The van der Waals surface area contributed by atoms with E-state index in [2.05, 4.69) is 9.97 Å². The monoisotopic (exact) mass is 271 g/mol. The van der Waals surface area contributed by atoms with Gasteiger partial charge in [0.25, 0.3) is 0 Å². The number of hydrogen-bond donors (Lipinski definition) is 1. The number of pyridine rings is 1. The van der Waals surface area contributed by atoms with Gasteiger partial charge < -0.3 is 4.98 Å². The average molecular weight is 271 g/mol. The molecule has 0 unspecified atom stereocenters. The van der Waals surface area contributed by atoms with E-state index in [1.165, 1.54) is 17.8 Å². The minimum atomic E-state index is -0.413. The molecule has 1 aromatic carbocycles. The van der Waals surface area contributed by atoms with E-state index in [9.17, 15) is 10.1 Å². The van der Waals surface area contributed by atoms with Crippen molar-refractivity contribution in [3.05, 3.63) is 58.9 Å². The quantitative estimate of drug-likeness (QED) is 0.583. The maximum absolute atomic E-state index is 11.0. The molecule has 0 fully saturated rings. The molecule has 0 spiro atoms. The summed E-state index contributed by atoms with van der Waals surface area (Å²) in [5, 5.41) is 12.4. The van der Waals surface area contributed by atoms with E-state index in [1.807, 2.05) is 30.5 Å². The molecule has 0 saturated heterocycles. The molecule has 94 valence electrons. The molecule has 0 aliphatic rings. The lowest BCUT2D eigenvalue weighted by Gasteiger charge is -2.00. The van der Waals surface area contributed by atoms with Crippen LogP contribution in [0.2, 0.25) is 0 Å². The van der Waals surface area contributed by atoms with Crippen LogP contribution in [0.25, 0.3) is 10.9 Å². The fourth-order valence-corrected chi connectivity index (χ4v) is 2.81. The molecule has 1 N–H and O–H groups in total. The number of nitrogens with one attached hydrogen (secondary N) is 1. The van der Waals surface area contributed by atoms with Gasteiger partial charge in [0.05, 0.1) is 4.92 Å². The summed E-state index contributed by atoms with van der Waals surface area (Å²) in [4.78, 5) is 18.7. The topological polar surface area (TPSA) is 71.8 Å². The normalized spacial score (nSPS) is 10.7. The highest BCUT2D eigenvalue weighted by Gasteiger charge is 2.16. The Hall–Kier alpha value is -2.34. The van der Waals surface area contributed by atoms with Gasteiger partial charge in [0, 0.05) is 34.3 Å².